The van der Waals surface area contributed by atoms with E-state index in [0.717, 1.165) is 11.3 Å². The van der Waals surface area contributed by atoms with E-state index < -0.39 is 0 Å². The molecule has 2 aromatic rings. The van der Waals surface area contributed by atoms with Crippen molar-refractivity contribution in [2.24, 2.45) is 11.0 Å². The summed E-state index contributed by atoms with van der Waals surface area (Å²) in [5, 5.41) is 6.91. The van der Waals surface area contributed by atoms with Crippen molar-refractivity contribution in [3.8, 4) is 5.75 Å². The Balaban J connectivity index is 1.57. The predicted molar refractivity (Wildman–Crippen MR) is 95.5 cm³/mol. The second-order valence-electron chi connectivity index (χ2n) is 5.86. The van der Waals surface area contributed by atoms with Crippen LogP contribution in [-0.2, 0) is 9.59 Å². The van der Waals surface area contributed by atoms with Crippen molar-refractivity contribution in [3.63, 3.8) is 0 Å². The van der Waals surface area contributed by atoms with E-state index >= 15 is 0 Å². The monoisotopic (exact) mass is 337 g/mol. The highest BCUT2D eigenvalue weighted by Gasteiger charge is 2.21. The second kappa shape index (κ2) is 7.61. The highest BCUT2D eigenvalue weighted by Crippen LogP contribution is 2.18. The number of amides is 2. The van der Waals surface area contributed by atoms with Crippen LogP contribution < -0.4 is 15.5 Å². The fourth-order valence-corrected chi connectivity index (χ4v) is 2.59. The molecule has 1 aliphatic rings. The smallest absolute Gasteiger partial charge is 0.262 e. The maximum atomic E-state index is 12.0. The summed E-state index contributed by atoms with van der Waals surface area (Å²) < 4.78 is 5.41. The maximum Gasteiger partial charge on any atom is 0.262 e. The van der Waals surface area contributed by atoms with E-state index in [1.54, 1.807) is 24.3 Å². The number of para-hydroxylation sites is 1. The minimum absolute atomic E-state index is 0.0540. The van der Waals surface area contributed by atoms with E-state index in [-0.39, 0.29) is 24.3 Å². The topological polar surface area (TPSA) is 79.8 Å². The van der Waals surface area contributed by atoms with Crippen molar-refractivity contribution < 1.29 is 14.3 Å². The minimum Gasteiger partial charge on any atom is -0.484 e. The Morgan fingerprint density at radius 2 is 1.92 bits per heavy atom. The molecule has 0 saturated carbocycles. The van der Waals surface area contributed by atoms with Gasteiger partial charge in [0.1, 0.15) is 5.75 Å². The summed E-state index contributed by atoms with van der Waals surface area (Å²) in [5.74, 6) is 0.415. The predicted octanol–water partition coefficient (Wildman–Crippen LogP) is 2.56. The Hall–Kier alpha value is -3.15. The first-order chi connectivity index (χ1) is 12.1. The van der Waals surface area contributed by atoms with Gasteiger partial charge in [-0.05, 0) is 29.8 Å². The lowest BCUT2D eigenvalue weighted by Crippen LogP contribution is -2.31. The average molecular weight is 337 g/mol. The van der Waals surface area contributed by atoms with Gasteiger partial charge >= 0.3 is 0 Å². The Labute approximate surface area is 145 Å². The van der Waals surface area contributed by atoms with Crippen molar-refractivity contribution in [1.29, 1.82) is 0 Å². The fourth-order valence-electron chi connectivity index (χ4n) is 2.59. The Morgan fingerprint density at radius 1 is 1.20 bits per heavy atom. The number of hydrazone groups is 1. The molecule has 6 nitrogen and oxygen atoms in total. The zero-order valence-electron chi connectivity index (χ0n) is 13.9. The summed E-state index contributed by atoms with van der Waals surface area (Å²) in [4.78, 5) is 23.3. The standard InChI is InChI=1S/C19H19N3O3/c1-13-11-17(23)21-22-19(13)14-7-9-15(10-8-14)20-18(24)12-25-16-5-3-2-4-6-16/h2-10,13H,11-12H2,1H3,(H,20,24)(H,21,23)/t13-/m0/s1. The van der Waals surface area contributed by atoms with Gasteiger partial charge in [-0.2, -0.15) is 5.10 Å². The van der Waals surface area contributed by atoms with Crippen LogP contribution in [-0.4, -0.2) is 24.1 Å². The number of rotatable bonds is 5. The van der Waals surface area contributed by atoms with E-state index in [0.29, 0.717) is 17.9 Å². The van der Waals surface area contributed by atoms with Gasteiger partial charge in [0.15, 0.2) is 6.61 Å². The van der Waals surface area contributed by atoms with E-state index in [2.05, 4.69) is 15.8 Å². The molecule has 0 aromatic heterocycles. The van der Waals surface area contributed by atoms with Crippen LogP contribution in [0.4, 0.5) is 5.69 Å². The molecule has 2 N–H and O–H groups in total. The van der Waals surface area contributed by atoms with Gasteiger partial charge in [0, 0.05) is 18.0 Å². The van der Waals surface area contributed by atoms with Gasteiger partial charge in [-0.3, -0.25) is 9.59 Å². The summed E-state index contributed by atoms with van der Waals surface area (Å²) in [5.41, 5.74) is 4.94. The van der Waals surface area contributed by atoms with Gasteiger partial charge in [-0.25, -0.2) is 5.43 Å². The number of ether oxygens (including phenoxy) is 1. The van der Waals surface area contributed by atoms with Crippen LogP contribution in [0.3, 0.4) is 0 Å². The van der Waals surface area contributed by atoms with Gasteiger partial charge in [0.05, 0.1) is 5.71 Å². The fraction of sp³-hybridized carbons (Fsp3) is 0.211. The summed E-state index contributed by atoms with van der Waals surface area (Å²) in [6.07, 6.45) is 0.425. The third-order valence-electron chi connectivity index (χ3n) is 3.84. The summed E-state index contributed by atoms with van der Waals surface area (Å²) in [6, 6.07) is 16.5. The highest BCUT2D eigenvalue weighted by atomic mass is 16.5. The second-order valence-corrected chi connectivity index (χ2v) is 5.86. The van der Waals surface area contributed by atoms with Crippen LogP contribution in [0.5, 0.6) is 5.75 Å². The number of nitrogens with one attached hydrogen (secondary N) is 2. The van der Waals surface area contributed by atoms with Crippen molar-refractivity contribution >= 4 is 23.2 Å². The highest BCUT2D eigenvalue weighted by molar-refractivity contribution is 6.06. The molecule has 25 heavy (non-hydrogen) atoms. The summed E-state index contributed by atoms with van der Waals surface area (Å²) in [6.45, 7) is 1.91. The number of hydrogen-bond acceptors (Lipinski definition) is 4. The first-order valence-corrected chi connectivity index (χ1v) is 8.06. The average Bonchev–Trinajstić information content (AvgIpc) is 2.62. The molecule has 0 fully saturated rings. The Bertz CT molecular complexity index is 785. The summed E-state index contributed by atoms with van der Waals surface area (Å²) in [7, 11) is 0. The molecule has 0 unspecified atom stereocenters. The SMILES string of the molecule is C[C@H]1CC(=O)NN=C1c1ccc(NC(=O)COc2ccccc2)cc1. The molecular weight excluding hydrogens is 318 g/mol. The van der Waals surface area contributed by atoms with Crippen molar-refractivity contribution in [2.45, 2.75) is 13.3 Å². The molecular formula is C19H19N3O3. The quantitative estimate of drug-likeness (QED) is 0.880. The lowest BCUT2D eigenvalue weighted by atomic mass is 9.94. The normalized spacial score (nSPS) is 16.6. The number of nitrogens with zero attached hydrogens (tertiary/aromatic N) is 1. The van der Waals surface area contributed by atoms with Gasteiger partial charge < -0.3 is 10.1 Å². The Morgan fingerprint density at radius 3 is 2.60 bits per heavy atom. The van der Waals surface area contributed by atoms with Crippen LogP contribution in [0.1, 0.15) is 18.9 Å². The molecule has 3 rings (SSSR count). The van der Waals surface area contributed by atoms with E-state index in [4.69, 9.17) is 4.74 Å². The largest absolute Gasteiger partial charge is 0.484 e. The van der Waals surface area contributed by atoms with Gasteiger partial charge in [0.25, 0.3) is 5.91 Å². The van der Waals surface area contributed by atoms with Crippen LogP contribution in [0.25, 0.3) is 0 Å². The molecule has 128 valence electrons. The molecule has 0 saturated heterocycles. The van der Waals surface area contributed by atoms with Crippen LogP contribution in [0.2, 0.25) is 0 Å². The van der Waals surface area contributed by atoms with Crippen molar-refractivity contribution in [2.75, 3.05) is 11.9 Å². The molecule has 1 atom stereocenters. The van der Waals surface area contributed by atoms with Crippen LogP contribution in [0.15, 0.2) is 59.7 Å². The number of anilines is 1. The zero-order chi connectivity index (χ0) is 17.6. The number of carbonyl (C=O) groups excluding carboxylic acids is 2. The lowest BCUT2D eigenvalue weighted by molar-refractivity contribution is -0.122. The van der Waals surface area contributed by atoms with Crippen molar-refractivity contribution in [3.05, 3.63) is 60.2 Å². The third-order valence-corrected chi connectivity index (χ3v) is 3.84. The molecule has 1 aliphatic heterocycles. The molecule has 0 aliphatic carbocycles. The minimum atomic E-state index is -0.229. The molecule has 0 bridgehead atoms. The molecule has 2 amide bonds. The third kappa shape index (κ3) is 4.44. The van der Waals surface area contributed by atoms with Gasteiger partial charge in [-0.1, -0.05) is 37.3 Å². The molecule has 1 heterocycles. The summed E-state index contributed by atoms with van der Waals surface area (Å²) >= 11 is 0. The van der Waals surface area contributed by atoms with Crippen molar-refractivity contribution in [1.82, 2.24) is 5.43 Å². The molecule has 2 aromatic carbocycles. The van der Waals surface area contributed by atoms with Gasteiger partial charge in [-0.15, -0.1) is 0 Å². The van der Waals surface area contributed by atoms with E-state index in [1.165, 1.54) is 0 Å². The first kappa shape index (κ1) is 16.7. The van der Waals surface area contributed by atoms with E-state index in [9.17, 15) is 9.59 Å². The van der Waals surface area contributed by atoms with Gasteiger partial charge in [0.2, 0.25) is 5.91 Å². The van der Waals surface area contributed by atoms with Crippen LogP contribution in [0, 0.1) is 5.92 Å². The molecule has 6 heteroatoms. The van der Waals surface area contributed by atoms with Crippen LogP contribution >= 0.6 is 0 Å². The molecule has 0 spiro atoms. The lowest BCUT2D eigenvalue weighted by Gasteiger charge is -2.19. The zero-order valence-corrected chi connectivity index (χ0v) is 13.9. The number of carbonyl (C=O) groups is 2. The maximum absolute atomic E-state index is 12.0. The van der Waals surface area contributed by atoms with E-state index in [1.807, 2.05) is 37.3 Å². The molecule has 0 radical (unpaired) electrons. The number of hydrogen-bond donors (Lipinski definition) is 2. The number of benzene rings is 2. The Kier molecular flexibility index (Phi) is 5.09. The first-order valence-electron chi connectivity index (χ1n) is 8.06.